The van der Waals surface area contributed by atoms with Crippen molar-refractivity contribution in [2.45, 2.75) is 91.5 Å². The van der Waals surface area contributed by atoms with Crippen LogP contribution in [-0.2, 0) is 0 Å². The SMILES string of the molecule is CC(C)CN1CCC(c2ccc3[nH]c(C4=C/CCC5CC(=NC=N5)/C(C(C)C)=C\4)c(C(C)C)c3c2)CC1. The van der Waals surface area contributed by atoms with E-state index < -0.39 is 0 Å². The molecule has 2 aliphatic heterocycles. The third kappa shape index (κ3) is 5.70. The first-order chi connectivity index (χ1) is 17.8. The average molecular weight is 499 g/mol. The van der Waals surface area contributed by atoms with Crippen LogP contribution >= 0.6 is 0 Å². The van der Waals surface area contributed by atoms with Gasteiger partial charge in [0.05, 0.1) is 6.04 Å². The number of rotatable bonds is 6. The number of aromatic amines is 1. The van der Waals surface area contributed by atoms with Crippen molar-refractivity contribution in [2.75, 3.05) is 19.6 Å². The molecule has 1 atom stereocenters. The van der Waals surface area contributed by atoms with Gasteiger partial charge in [-0.25, -0.2) is 4.99 Å². The third-order valence-corrected chi connectivity index (χ3v) is 8.46. The second-order valence-corrected chi connectivity index (χ2v) is 12.5. The Bertz CT molecular complexity index is 1230. The first-order valence-corrected chi connectivity index (χ1v) is 14.7. The zero-order chi connectivity index (χ0) is 26.1. The molecule has 2 bridgehead atoms. The van der Waals surface area contributed by atoms with Gasteiger partial charge in [0.1, 0.15) is 6.34 Å². The highest BCUT2D eigenvalue weighted by Crippen LogP contribution is 2.38. The van der Waals surface area contributed by atoms with E-state index in [1.54, 1.807) is 6.34 Å². The molecule has 0 radical (unpaired) electrons. The van der Waals surface area contributed by atoms with Gasteiger partial charge in [-0.15, -0.1) is 0 Å². The summed E-state index contributed by atoms with van der Waals surface area (Å²) in [5, 5.41) is 1.41. The minimum atomic E-state index is 0.354. The molecule has 4 heteroatoms. The molecule has 198 valence electrons. The van der Waals surface area contributed by atoms with E-state index in [0.29, 0.717) is 23.8 Å². The predicted molar refractivity (Wildman–Crippen MR) is 160 cm³/mol. The molecule has 3 heterocycles. The number of aliphatic imine (C=N–C) groups is 2. The summed E-state index contributed by atoms with van der Waals surface area (Å²) in [6, 6.07) is 7.60. The van der Waals surface area contributed by atoms with E-state index in [1.807, 2.05) is 0 Å². The van der Waals surface area contributed by atoms with Gasteiger partial charge in [-0.05, 0) is 103 Å². The van der Waals surface area contributed by atoms with Crippen molar-refractivity contribution in [2.24, 2.45) is 21.8 Å². The Kier molecular flexibility index (Phi) is 7.85. The van der Waals surface area contributed by atoms with Crippen molar-refractivity contribution < 1.29 is 0 Å². The van der Waals surface area contributed by atoms with Gasteiger partial charge in [0.25, 0.3) is 0 Å². The Morgan fingerprint density at radius 3 is 2.49 bits per heavy atom. The van der Waals surface area contributed by atoms with Gasteiger partial charge in [-0.2, -0.15) is 0 Å². The van der Waals surface area contributed by atoms with Crippen molar-refractivity contribution in [3.8, 4) is 0 Å². The molecule has 4 nitrogen and oxygen atoms in total. The van der Waals surface area contributed by atoms with Crippen LogP contribution in [0.5, 0.6) is 0 Å². The van der Waals surface area contributed by atoms with Crippen molar-refractivity contribution in [3.63, 3.8) is 0 Å². The molecule has 1 aromatic heterocycles. The quantitative estimate of drug-likeness (QED) is 0.429. The minimum absolute atomic E-state index is 0.354. The number of nitrogens with zero attached hydrogens (tertiary/aromatic N) is 3. The van der Waals surface area contributed by atoms with E-state index in [-0.39, 0.29) is 0 Å². The van der Waals surface area contributed by atoms with E-state index in [0.717, 1.165) is 25.2 Å². The van der Waals surface area contributed by atoms with Crippen molar-refractivity contribution >= 4 is 28.5 Å². The molecule has 37 heavy (non-hydrogen) atoms. The highest BCUT2D eigenvalue weighted by Gasteiger charge is 2.25. The van der Waals surface area contributed by atoms with E-state index in [2.05, 4.69) is 86.8 Å². The third-order valence-electron chi connectivity index (χ3n) is 8.46. The fraction of sp³-hybridized carbons (Fsp3) is 0.576. The summed E-state index contributed by atoms with van der Waals surface area (Å²) in [6.45, 7) is 17.6. The predicted octanol–water partition coefficient (Wildman–Crippen LogP) is 8.13. The lowest BCUT2D eigenvalue weighted by Crippen LogP contribution is -2.35. The number of nitrogens with one attached hydrogen (secondary N) is 1. The Hall–Kier alpha value is -2.46. The fourth-order valence-electron chi connectivity index (χ4n) is 6.59. The Morgan fingerprint density at radius 1 is 1.00 bits per heavy atom. The molecule has 0 spiro atoms. The molecule has 0 amide bonds. The average Bonchev–Trinajstić information content (AvgIpc) is 3.26. The molecule has 1 saturated heterocycles. The molecule has 5 rings (SSSR count). The summed E-state index contributed by atoms with van der Waals surface area (Å²) in [4.78, 5) is 15.9. The first kappa shape index (κ1) is 26.2. The lowest BCUT2D eigenvalue weighted by molar-refractivity contribution is 0.192. The van der Waals surface area contributed by atoms with Gasteiger partial charge in [0, 0.05) is 35.3 Å². The molecular weight excluding hydrogens is 452 g/mol. The summed E-state index contributed by atoms with van der Waals surface area (Å²) in [5.74, 6) is 2.28. The van der Waals surface area contributed by atoms with Gasteiger partial charge in [-0.3, -0.25) is 4.99 Å². The molecule has 1 fully saturated rings. The van der Waals surface area contributed by atoms with E-state index in [4.69, 9.17) is 4.99 Å². The number of allylic oxidation sites excluding steroid dienone is 4. The first-order valence-electron chi connectivity index (χ1n) is 14.7. The van der Waals surface area contributed by atoms with Crippen LogP contribution in [0.4, 0.5) is 0 Å². The summed E-state index contributed by atoms with van der Waals surface area (Å²) < 4.78 is 0. The molecule has 3 aliphatic rings. The van der Waals surface area contributed by atoms with E-state index >= 15 is 0 Å². The van der Waals surface area contributed by atoms with Gasteiger partial charge < -0.3 is 9.88 Å². The van der Waals surface area contributed by atoms with Crippen molar-refractivity contribution in [1.82, 2.24) is 9.88 Å². The van der Waals surface area contributed by atoms with Crippen LogP contribution < -0.4 is 0 Å². The highest BCUT2D eigenvalue weighted by molar-refractivity contribution is 6.07. The lowest BCUT2D eigenvalue weighted by Gasteiger charge is -2.33. The number of hydrogen-bond acceptors (Lipinski definition) is 3. The lowest BCUT2D eigenvalue weighted by atomic mass is 9.87. The normalized spacial score (nSPS) is 24.6. The van der Waals surface area contributed by atoms with E-state index in [9.17, 15) is 0 Å². The highest BCUT2D eigenvalue weighted by atomic mass is 15.1. The zero-order valence-corrected chi connectivity index (χ0v) is 23.8. The maximum absolute atomic E-state index is 4.72. The maximum atomic E-state index is 4.72. The molecule has 0 saturated carbocycles. The number of hydrogen-bond donors (Lipinski definition) is 1. The van der Waals surface area contributed by atoms with Gasteiger partial charge in [0.15, 0.2) is 0 Å². The minimum Gasteiger partial charge on any atom is -0.354 e. The standard InChI is InChI=1S/C33H46N4/c1-21(2)19-37-14-12-24(13-15-37)25-10-11-30-29(16-25)32(23(5)6)33(36-30)26-8-7-9-27-18-31(35-20-34-27)28(17-26)22(3)4/h8,10-11,16-17,20-24,27,36H,7,9,12-15,18-19H2,1-6H3/b26-8+,28-17-. The molecule has 1 unspecified atom stereocenters. The van der Waals surface area contributed by atoms with Crippen LogP contribution in [0, 0.1) is 11.8 Å². The Morgan fingerprint density at radius 2 is 1.78 bits per heavy atom. The fourth-order valence-corrected chi connectivity index (χ4v) is 6.59. The monoisotopic (exact) mass is 498 g/mol. The molecule has 2 aromatic rings. The van der Waals surface area contributed by atoms with Crippen LogP contribution in [0.25, 0.3) is 16.5 Å². The van der Waals surface area contributed by atoms with Crippen LogP contribution in [0.3, 0.4) is 0 Å². The maximum Gasteiger partial charge on any atom is 0.110 e. The topological polar surface area (TPSA) is 43.8 Å². The second-order valence-electron chi connectivity index (χ2n) is 12.5. The zero-order valence-electron chi connectivity index (χ0n) is 23.8. The van der Waals surface area contributed by atoms with Crippen molar-refractivity contribution in [3.05, 3.63) is 52.7 Å². The molecular formula is C33H46N4. The van der Waals surface area contributed by atoms with Crippen LogP contribution in [0.15, 0.2) is 45.9 Å². The largest absolute Gasteiger partial charge is 0.354 e. The number of H-pyrrole nitrogens is 1. The van der Waals surface area contributed by atoms with Crippen LogP contribution in [-0.4, -0.2) is 47.6 Å². The number of likely N-dealkylation sites (tertiary alicyclic amines) is 1. The summed E-state index contributed by atoms with van der Waals surface area (Å²) in [6.07, 6.45) is 12.3. The number of piperidine rings is 1. The van der Waals surface area contributed by atoms with Gasteiger partial charge in [-0.1, -0.05) is 53.7 Å². The summed E-state index contributed by atoms with van der Waals surface area (Å²) in [7, 11) is 0. The summed E-state index contributed by atoms with van der Waals surface area (Å²) in [5.41, 5.74) is 9.43. The van der Waals surface area contributed by atoms with Gasteiger partial charge in [0.2, 0.25) is 0 Å². The van der Waals surface area contributed by atoms with Crippen LogP contribution in [0.1, 0.15) is 102 Å². The van der Waals surface area contributed by atoms with E-state index in [1.165, 1.54) is 77.1 Å². The molecule has 1 N–H and O–H groups in total. The second kappa shape index (κ2) is 11.1. The summed E-state index contributed by atoms with van der Waals surface area (Å²) >= 11 is 0. The Balaban J connectivity index is 1.51. The van der Waals surface area contributed by atoms with Crippen molar-refractivity contribution in [1.29, 1.82) is 0 Å². The number of benzene rings is 1. The number of aromatic nitrogens is 1. The smallest absolute Gasteiger partial charge is 0.110 e. The Labute approximate surface area is 224 Å². The molecule has 1 aromatic carbocycles. The number of fused-ring (bicyclic) bond motifs is 3. The van der Waals surface area contributed by atoms with Gasteiger partial charge >= 0.3 is 0 Å². The van der Waals surface area contributed by atoms with Crippen LogP contribution in [0.2, 0.25) is 0 Å². The molecule has 1 aliphatic carbocycles.